The van der Waals surface area contributed by atoms with E-state index in [0.717, 1.165) is 31.0 Å². The van der Waals surface area contributed by atoms with Crippen molar-refractivity contribution < 1.29 is 27.1 Å². The topological polar surface area (TPSA) is 63.8 Å². The molecule has 1 N–H and O–H groups in total. The van der Waals surface area contributed by atoms with Crippen molar-refractivity contribution in [2.45, 2.75) is 31.2 Å². The molecule has 0 bridgehead atoms. The Morgan fingerprint density at radius 1 is 1.12 bits per heavy atom. The molecule has 1 aliphatic rings. The molecule has 10 heteroatoms. The molecule has 0 saturated heterocycles. The van der Waals surface area contributed by atoms with Crippen molar-refractivity contribution in [3.8, 4) is 11.4 Å². The first-order chi connectivity index (χ1) is 12.3. The summed E-state index contributed by atoms with van der Waals surface area (Å²) in [5.74, 6) is -1.88. The van der Waals surface area contributed by atoms with Crippen LogP contribution in [-0.2, 0) is 0 Å². The number of imidazole rings is 1. The second-order valence-electron chi connectivity index (χ2n) is 6.10. The van der Waals surface area contributed by atoms with Gasteiger partial charge >= 0.3 is 6.18 Å². The van der Waals surface area contributed by atoms with E-state index >= 15 is 0 Å². The highest BCUT2D eigenvalue weighted by molar-refractivity contribution is 5.81. The van der Waals surface area contributed by atoms with Gasteiger partial charge in [0.1, 0.15) is 11.5 Å². The molecule has 4 rings (SSSR count). The normalized spacial score (nSPS) is 16.2. The third-order valence-electron chi connectivity index (χ3n) is 4.17. The van der Waals surface area contributed by atoms with Crippen molar-refractivity contribution in [2.24, 2.45) is 0 Å². The summed E-state index contributed by atoms with van der Waals surface area (Å²) in [5.41, 5.74) is 0.0145. The molecular formula is C16H11F5N4O. The summed E-state index contributed by atoms with van der Waals surface area (Å²) < 4.78 is 66.9. The van der Waals surface area contributed by atoms with Crippen LogP contribution >= 0.6 is 0 Å². The van der Waals surface area contributed by atoms with Crippen molar-refractivity contribution in [3.05, 3.63) is 41.7 Å². The lowest BCUT2D eigenvalue weighted by Gasteiger charge is -2.14. The monoisotopic (exact) mass is 370 g/mol. The highest BCUT2D eigenvalue weighted by Gasteiger charge is 2.41. The van der Waals surface area contributed by atoms with Crippen molar-refractivity contribution in [1.82, 2.24) is 19.7 Å². The van der Waals surface area contributed by atoms with E-state index in [2.05, 4.69) is 15.2 Å². The molecule has 3 aromatic rings. The quantitative estimate of drug-likeness (QED) is 0.714. The van der Waals surface area contributed by atoms with Crippen LogP contribution in [0.25, 0.3) is 22.4 Å². The molecule has 2 aromatic heterocycles. The lowest BCUT2D eigenvalue weighted by molar-refractivity contribution is -0.208. The standard InChI is InChI=1S/C16H11F5N4O/c17-9-4-11-13(5-10(9)18)25(8-1-2-8)15(23-11)7-3-12(24-22-6-7)14(26)16(19,20)21/h3-6,8,14,26H,1-2H2. The molecule has 136 valence electrons. The predicted molar refractivity (Wildman–Crippen MR) is 80.0 cm³/mol. The van der Waals surface area contributed by atoms with Crippen LogP contribution in [0.5, 0.6) is 0 Å². The highest BCUT2D eigenvalue weighted by atomic mass is 19.4. The zero-order chi connectivity index (χ0) is 18.6. The molecule has 0 aliphatic heterocycles. The smallest absolute Gasteiger partial charge is 0.378 e. The van der Waals surface area contributed by atoms with E-state index in [1.807, 2.05) is 0 Å². The first-order valence-corrected chi connectivity index (χ1v) is 7.70. The van der Waals surface area contributed by atoms with Crippen LogP contribution in [0.2, 0.25) is 0 Å². The lowest BCUT2D eigenvalue weighted by Crippen LogP contribution is -2.21. The highest BCUT2D eigenvalue weighted by Crippen LogP contribution is 2.42. The first kappa shape index (κ1) is 16.8. The van der Waals surface area contributed by atoms with E-state index in [1.165, 1.54) is 6.20 Å². The van der Waals surface area contributed by atoms with Crippen LogP contribution < -0.4 is 0 Å². The molecule has 1 aliphatic carbocycles. The molecule has 0 radical (unpaired) electrons. The summed E-state index contributed by atoms with van der Waals surface area (Å²) in [6, 6.07) is 2.97. The Bertz CT molecular complexity index is 996. The fourth-order valence-electron chi connectivity index (χ4n) is 2.80. The second kappa shape index (κ2) is 5.70. The number of aromatic nitrogens is 4. The van der Waals surface area contributed by atoms with E-state index in [-0.39, 0.29) is 22.9 Å². The summed E-state index contributed by atoms with van der Waals surface area (Å²) in [4.78, 5) is 4.23. The van der Waals surface area contributed by atoms with Gasteiger partial charge in [-0.25, -0.2) is 13.8 Å². The predicted octanol–water partition coefficient (Wildman–Crippen LogP) is 3.70. The minimum Gasteiger partial charge on any atom is -0.378 e. The van der Waals surface area contributed by atoms with Crippen LogP contribution in [-0.4, -0.2) is 31.0 Å². The average molecular weight is 370 g/mol. The SMILES string of the molecule is OC(c1cc(-c2nc3cc(F)c(F)cc3n2C2CC2)cnn1)C(F)(F)F. The number of rotatable bonds is 3. The van der Waals surface area contributed by atoms with E-state index < -0.39 is 29.6 Å². The number of aliphatic hydroxyl groups is 1. The molecular weight excluding hydrogens is 359 g/mol. The number of alkyl halides is 3. The molecule has 0 amide bonds. The number of hydrogen-bond acceptors (Lipinski definition) is 4. The van der Waals surface area contributed by atoms with E-state index in [4.69, 9.17) is 0 Å². The van der Waals surface area contributed by atoms with Gasteiger partial charge in [-0.15, -0.1) is 0 Å². The van der Waals surface area contributed by atoms with Crippen LogP contribution in [0.15, 0.2) is 24.4 Å². The maximum absolute atomic E-state index is 13.6. The third kappa shape index (κ3) is 2.79. The van der Waals surface area contributed by atoms with Gasteiger partial charge in [-0.3, -0.25) is 0 Å². The van der Waals surface area contributed by atoms with Crippen LogP contribution in [0.4, 0.5) is 22.0 Å². The Hall–Kier alpha value is -2.62. The van der Waals surface area contributed by atoms with E-state index in [0.29, 0.717) is 5.52 Å². The van der Waals surface area contributed by atoms with Crippen LogP contribution in [0, 0.1) is 11.6 Å². The number of halogens is 5. The Morgan fingerprint density at radius 3 is 2.46 bits per heavy atom. The molecule has 1 atom stereocenters. The minimum atomic E-state index is -4.89. The molecule has 1 fully saturated rings. The minimum absolute atomic E-state index is 0.0102. The Kier molecular flexibility index (Phi) is 3.69. The Balaban J connectivity index is 1.88. The van der Waals surface area contributed by atoms with E-state index in [9.17, 15) is 27.1 Å². The summed E-state index contributed by atoms with van der Waals surface area (Å²) in [6.45, 7) is 0. The van der Waals surface area contributed by atoms with E-state index in [1.54, 1.807) is 4.57 Å². The summed E-state index contributed by atoms with van der Waals surface area (Å²) in [6.07, 6.45) is -4.92. The molecule has 26 heavy (non-hydrogen) atoms. The van der Waals surface area contributed by atoms with Gasteiger partial charge in [-0.05, 0) is 18.9 Å². The zero-order valence-electron chi connectivity index (χ0n) is 13.0. The van der Waals surface area contributed by atoms with Gasteiger partial charge in [0.15, 0.2) is 17.7 Å². The third-order valence-corrected chi connectivity index (χ3v) is 4.17. The Labute approximate surface area is 143 Å². The molecule has 1 aromatic carbocycles. The molecule has 0 spiro atoms. The van der Waals surface area contributed by atoms with Crippen molar-refractivity contribution in [1.29, 1.82) is 0 Å². The number of aliphatic hydroxyl groups excluding tert-OH is 1. The summed E-state index contributed by atoms with van der Waals surface area (Å²) in [7, 11) is 0. The van der Waals surface area contributed by atoms with Gasteiger partial charge < -0.3 is 9.67 Å². The Morgan fingerprint density at radius 2 is 1.81 bits per heavy atom. The second-order valence-corrected chi connectivity index (χ2v) is 6.10. The molecule has 1 unspecified atom stereocenters. The molecule has 2 heterocycles. The van der Waals surface area contributed by atoms with Gasteiger partial charge in [-0.2, -0.15) is 23.4 Å². The number of hydrogen-bond donors (Lipinski definition) is 1. The molecule has 5 nitrogen and oxygen atoms in total. The van der Waals surface area contributed by atoms with Gasteiger partial charge in [0.25, 0.3) is 0 Å². The summed E-state index contributed by atoms with van der Waals surface area (Å²) in [5, 5.41) is 16.2. The largest absolute Gasteiger partial charge is 0.420 e. The lowest BCUT2D eigenvalue weighted by atomic mass is 10.2. The van der Waals surface area contributed by atoms with Crippen LogP contribution in [0.1, 0.15) is 30.7 Å². The van der Waals surface area contributed by atoms with Gasteiger partial charge in [-0.1, -0.05) is 0 Å². The number of fused-ring (bicyclic) bond motifs is 1. The van der Waals surface area contributed by atoms with Crippen molar-refractivity contribution >= 4 is 11.0 Å². The zero-order valence-corrected chi connectivity index (χ0v) is 13.0. The van der Waals surface area contributed by atoms with Gasteiger partial charge in [0, 0.05) is 23.7 Å². The van der Waals surface area contributed by atoms with Gasteiger partial charge in [0.2, 0.25) is 0 Å². The van der Waals surface area contributed by atoms with Crippen LogP contribution in [0.3, 0.4) is 0 Å². The average Bonchev–Trinajstić information content (AvgIpc) is 3.36. The number of benzene rings is 1. The van der Waals surface area contributed by atoms with Gasteiger partial charge in [0.05, 0.1) is 17.2 Å². The fourth-order valence-corrected chi connectivity index (χ4v) is 2.80. The first-order valence-electron chi connectivity index (χ1n) is 7.70. The fraction of sp³-hybridized carbons (Fsp3) is 0.312. The van der Waals surface area contributed by atoms with Crippen molar-refractivity contribution in [2.75, 3.05) is 0 Å². The van der Waals surface area contributed by atoms with Crippen molar-refractivity contribution in [3.63, 3.8) is 0 Å². The maximum Gasteiger partial charge on any atom is 0.420 e. The maximum atomic E-state index is 13.6. The summed E-state index contributed by atoms with van der Waals surface area (Å²) >= 11 is 0. The molecule has 1 saturated carbocycles. The number of nitrogens with zero attached hydrogens (tertiary/aromatic N) is 4.